The van der Waals surface area contributed by atoms with Crippen molar-refractivity contribution in [2.75, 3.05) is 10.6 Å². The van der Waals surface area contributed by atoms with Gasteiger partial charge in [0.1, 0.15) is 0 Å². The molecule has 0 aliphatic rings. The van der Waals surface area contributed by atoms with Crippen LogP contribution in [-0.2, 0) is 4.79 Å². The summed E-state index contributed by atoms with van der Waals surface area (Å²) < 4.78 is 0. The van der Waals surface area contributed by atoms with Crippen LogP contribution in [0.1, 0.15) is 53.4 Å². The Morgan fingerprint density at radius 2 is 1.95 bits per heavy atom. The summed E-state index contributed by atoms with van der Waals surface area (Å²) in [4.78, 5) is 11.5. The van der Waals surface area contributed by atoms with Crippen molar-refractivity contribution >= 4 is 28.9 Å². The van der Waals surface area contributed by atoms with E-state index in [-0.39, 0.29) is 5.91 Å². The molecule has 1 rings (SSSR count). The molecular weight excluding hydrogens is 284 g/mol. The first kappa shape index (κ1) is 17.8. The molecule has 0 saturated carbocycles. The number of benzene rings is 1. The van der Waals surface area contributed by atoms with Crippen molar-refractivity contribution in [2.45, 2.75) is 59.4 Å². The van der Waals surface area contributed by atoms with Crippen LogP contribution in [0.2, 0.25) is 5.02 Å². The molecule has 118 valence electrons. The third kappa shape index (κ3) is 5.96. The molecule has 0 aliphatic heterocycles. The van der Waals surface area contributed by atoms with E-state index in [2.05, 4.69) is 31.4 Å². The molecule has 1 amide bonds. The van der Waals surface area contributed by atoms with Gasteiger partial charge in [0.05, 0.1) is 10.7 Å². The Balaban J connectivity index is 2.80. The van der Waals surface area contributed by atoms with E-state index in [1.54, 1.807) is 0 Å². The van der Waals surface area contributed by atoms with E-state index in [0.717, 1.165) is 24.2 Å². The monoisotopic (exact) mass is 310 g/mol. The number of hydrogen-bond donors (Lipinski definition) is 2. The number of hydrogen-bond acceptors (Lipinski definition) is 2. The first-order chi connectivity index (χ1) is 9.99. The SMILES string of the molecule is CCC(=O)Nc1ccc(Cl)c(NC(CC)CC(C)CC)c1. The average Bonchev–Trinajstić information content (AvgIpc) is 2.49. The summed E-state index contributed by atoms with van der Waals surface area (Å²) in [6.07, 6.45) is 3.82. The molecule has 0 spiro atoms. The maximum atomic E-state index is 11.5. The summed E-state index contributed by atoms with van der Waals surface area (Å²) in [6, 6.07) is 5.96. The lowest BCUT2D eigenvalue weighted by Crippen LogP contribution is -2.21. The number of amides is 1. The van der Waals surface area contributed by atoms with Crippen molar-refractivity contribution in [1.82, 2.24) is 0 Å². The van der Waals surface area contributed by atoms with Gasteiger partial charge in [-0.25, -0.2) is 0 Å². The zero-order valence-corrected chi connectivity index (χ0v) is 14.3. The van der Waals surface area contributed by atoms with Crippen molar-refractivity contribution in [3.8, 4) is 0 Å². The van der Waals surface area contributed by atoms with Gasteiger partial charge in [-0.3, -0.25) is 4.79 Å². The van der Waals surface area contributed by atoms with E-state index in [4.69, 9.17) is 11.6 Å². The maximum absolute atomic E-state index is 11.5. The zero-order valence-electron chi connectivity index (χ0n) is 13.5. The highest BCUT2D eigenvalue weighted by Crippen LogP contribution is 2.28. The van der Waals surface area contributed by atoms with Crippen LogP contribution in [-0.4, -0.2) is 11.9 Å². The third-order valence-corrected chi connectivity index (χ3v) is 4.14. The molecule has 0 radical (unpaired) electrons. The highest BCUT2D eigenvalue weighted by molar-refractivity contribution is 6.33. The van der Waals surface area contributed by atoms with Crippen molar-refractivity contribution < 1.29 is 4.79 Å². The minimum atomic E-state index is 0.00918. The van der Waals surface area contributed by atoms with Gasteiger partial charge in [0.2, 0.25) is 5.91 Å². The van der Waals surface area contributed by atoms with Gasteiger partial charge in [0, 0.05) is 18.2 Å². The second-order valence-electron chi connectivity index (χ2n) is 5.59. The number of anilines is 2. The van der Waals surface area contributed by atoms with Crippen LogP contribution in [0.15, 0.2) is 18.2 Å². The minimum Gasteiger partial charge on any atom is -0.381 e. The van der Waals surface area contributed by atoms with Crippen LogP contribution < -0.4 is 10.6 Å². The molecule has 0 saturated heterocycles. The average molecular weight is 311 g/mol. The van der Waals surface area contributed by atoms with Gasteiger partial charge in [-0.2, -0.15) is 0 Å². The van der Waals surface area contributed by atoms with Crippen LogP contribution in [0, 0.1) is 5.92 Å². The van der Waals surface area contributed by atoms with Gasteiger partial charge in [-0.1, -0.05) is 45.7 Å². The van der Waals surface area contributed by atoms with Gasteiger partial charge in [0.25, 0.3) is 0 Å². The second kappa shape index (κ2) is 8.93. The van der Waals surface area contributed by atoms with Crippen LogP contribution in [0.4, 0.5) is 11.4 Å². The van der Waals surface area contributed by atoms with Gasteiger partial charge in [-0.15, -0.1) is 0 Å². The second-order valence-corrected chi connectivity index (χ2v) is 6.00. The molecule has 2 unspecified atom stereocenters. The number of carbonyl (C=O) groups is 1. The molecule has 21 heavy (non-hydrogen) atoms. The molecule has 3 nitrogen and oxygen atoms in total. The third-order valence-electron chi connectivity index (χ3n) is 3.81. The Bertz CT molecular complexity index is 462. The van der Waals surface area contributed by atoms with Crippen molar-refractivity contribution in [3.05, 3.63) is 23.2 Å². The first-order valence-electron chi connectivity index (χ1n) is 7.86. The molecule has 1 aromatic carbocycles. The Labute approximate surface area is 133 Å². The molecule has 0 heterocycles. The van der Waals surface area contributed by atoms with Crippen molar-refractivity contribution in [2.24, 2.45) is 5.92 Å². The molecule has 2 N–H and O–H groups in total. The van der Waals surface area contributed by atoms with Crippen LogP contribution in [0.3, 0.4) is 0 Å². The van der Waals surface area contributed by atoms with Gasteiger partial charge in [0.15, 0.2) is 0 Å². The summed E-state index contributed by atoms with van der Waals surface area (Å²) in [6.45, 7) is 8.50. The van der Waals surface area contributed by atoms with Gasteiger partial charge in [-0.05, 0) is 37.0 Å². The Morgan fingerprint density at radius 3 is 2.52 bits per heavy atom. The molecule has 0 aromatic heterocycles. The normalized spacial score (nSPS) is 13.6. The Hall–Kier alpha value is -1.22. The zero-order chi connectivity index (χ0) is 15.8. The first-order valence-corrected chi connectivity index (χ1v) is 8.23. The van der Waals surface area contributed by atoms with Crippen LogP contribution in [0.5, 0.6) is 0 Å². The molecule has 0 fully saturated rings. The number of carbonyl (C=O) groups excluding carboxylic acids is 1. The molecule has 0 aliphatic carbocycles. The van der Waals surface area contributed by atoms with E-state index in [9.17, 15) is 4.79 Å². The molecule has 2 atom stereocenters. The minimum absolute atomic E-state index is 0.00918. The Kier molecular flexibility index (Phi) is 7.58. The van der Waals surface area contributed by atoms with Gasteiger partial charge >= 0.3 is 0 Å². The number of rotatable bonds is 8. The predicted octanol–water partition coefficient (Wildman–Crippen LogP) is 5.32. The van der Waals surface area contributed by atoms with Gasteiger partial charge < -0.3 is 10.6 Å². The molecule has 0 bridgehead atoms. The van der Waals surface area contributed by atoms with Crippen molar-refractivity contribution in [3.63, 3.8) is 0 Å². The Morgan fingerprint density at radius 1 is 1.24 bits per heavy atom. The highest BCUT2D eigenvalue weighted by Gasteiger charge is 2.12. The lowest BCUT2D eigenvalue weighted by molar-refractivity contribution is -0.115. The summed E-state index contributed by atoms with van der Waals surface area (Å²) in [5.74, 6) is 0.694. The summed E-state index contributed by atoms with van der Waals surface area (Å²) in [5.41, 5.74) is 1.67. The maximum Gasteiger partial charge on any atom is 0.224 e. The molecule has 4 heteroatoms. The number of halogens is 1. The lowest BCUT2D eigenvalue weighted by atomic mass is 9.97. The molecule has 1 aromatic rings. The molecular formula is C17H27ClN2O. The fourth-order valence-electron chi connectivity index (χ4n) is 2.16. The smallest absolute Gasteiger partial charge is 0.224 e. The highest BCUT2D eigenvalue weighted by atomic mass is 35.5. The van der Waals surface area contributed by atoms with E-state index in [0.29, 0.717) is 23.4 Å². The lowest BCUT2D eigenvalue weighted by Gasteiger charge is -2.22. The van der Waals surface area contributed by atoms with Crippen LogP contribution in [0.25, 0.3) is 0 Å². The predicted molar refractivity (Wildman–Crippen MR) is 92.1 cm³/mol. The summed E-state index contributed by atoms with van der Waals surface area (Å²) >= 11 is 6.26. The fraction of sp³-hybridized carbons (Fsp3) is 0.588. The van der Waals surface area contributed by atoms with E-state index in [1.165, 1.54) is 6.42 Å². The summed E-state index contributed by atoms with van der Waals surface area (Å²) in [5, 5.41) is 7.06. The van der Waals surface area contributed by atoms with E-state index >= 15 is 0 Å². The summed E-state index contributed by atoms with van der Waals surface area (Å²) in [7, 11) is 0. The quantitative estimate of drug-likeness (QED) is 0.682. The topological polar surface area (TPSA) is 41.1 Å². The van der Waals surface area contributed by atoms with E-state index in [1.807, 2.05) is 25.1 Å². The van der Waals surface area contributed by atoms with Crippen molar-refractivity contribution in [1.29, 1.82) is 0 Å². The fourth-order valence-corrected chi connectivity index (χ4v) is 2.34. The van der Waals surface area contributed by atoms with E-state index < -0.39 is 0 Å². The largest absolute Gasteiger partial charge is 0.381 e. The van der Waals surface area contributed by atoms with Crippen LogP contribution >= 0.6 is 11.6 Å². The standard InChI is InChI=1S/C17H27ClN2O/c1-5-12(4)10-13(6-2)19-16-11-14(8-9-15(16)18)20-17(21)7-3/h8-9,11-13,19H,5-7,10H2,1-4H3,(H,20,21). The number of nitrogens with one attached hydrogen (secondary N) is 2.